The van der Waals surface area contributed by atoms with Gasteiger partial charge in [-0.3, -0.25) is 9.59 Å². The Morgan fingerprint density at radius 2 is 1.61 bits per heavy atom. The molecule has 1 saturated carbocycles. The highest BCUT2D eigenvalue weighted by molar-refractivity contribution is 5.89. The smallest absolute Gasteiger partial charge is 0.305 e. The molecule has 0 radical (unpaired) electrons. The lowest BCUT2D eigenvalue weighted by Gasteiger charge is -2.38. The van der Waals surface area contributed by atoms with Crippen molar-refractivity contribution in [1.82, 2.24) is 0 Å². The number of ketones is 1. The van der Waals surface area contributed by atoms with Gasteiger partial charge < -0.3 is 9.47 Å². The van der Waals surface area contributed by atoms with Crippen molar-refractivity contribution in [2.24, 2.45) is 11.8 Å². The van der Waals surface area contributed by atoms with Gasteiger partial charge in [-0.2, -0.15) is 0 Å². The summed E-state index contributed by atoms with van der Waals surface area (Å²) < 4.78 is 11.1. The molecule has 3 aromatic rings. The molecule has 2 aliphatic rings. The molecule has 1 aliphatic carbocycles. The van der Waals surface area contributed by atoms with Crippen LogP contribution < -0.4 is 0 Å². The first-order chi connectivity index (χ1) is 20.1. The Kier molecular flexibility index (Phi) is 9.63. The Morgan fingerprint density at radius 3 is 2.34 bits per heavy atom. The number of methoxy groups -OCH3 is 1. The van der Waals surface area contributed by atoms with Crippen molar-refractivity contribution in [3.63, 3.8) is 0 Å². The molecule has 0 unspecified atom stereocenters. The summed E-state index contributed by atoms with van der Waals surface area (Å²) in [6.07, 6.45) is 13.7. The number of hydrogen-bond donors (Lipinski definition) is 0. The zero-order valence-electron chi connectivity index (χ0n) is 23.9. The van der Waals surface area contributed by atoms with E-state index < -0.39 is 0 Å². The first kappa shape index (κ1) is 28.8. The number of aryl methyl sites for hydroxylation is 1. The third-order valence-corrected chi connectivity index (χ3v) is 8.83. The molecule has 0 N–H and O–H groups in total. The summed E-state index contributed by atoms with van der Waals surface area (Å²) in [5.74, 6) is 0.510. The molecule has 4 atom stereocenters. The number of ether oxygens (including phenoxy) is 2. The molecule has 1 heterocycles. The number of benzene rings is 3. The van der Waals surface area contributed by atoms with E-state index in [1.54, 1.807) is 6.08 Å². The highest BCUT2D eigenvalue weighted by Gasteiger charge is 2.58. The minimum Gasteiger partial charge on any atom is -0.469 e. The van der Waals surface area contributed by atoms with Crippen molar-refractivity contribution < 1.29 is 19.1 Å². The van der Waals surface area contributed by atoms with Crippen LogP contribution in [0.25, 0.3) is 11.1 Å². The minimum atomic E-state index is -0.163. The topological polar surface area (TPSA) is 52.6 Å². The van der Waals surface area contributed by atoms with Gasteiger partial charge in [-0.25, -0.2) is 0 Å². The van der Waals surface area contributed by atoms with Crippen LogP contribution >= 0.6 is 0 Å². The van der Waals surface area contributed by atoms with E-state index in [-0.39, 0.29) is 29.2 Å². The normalized spacial score (nSPS) is 23.4. The molecule has 0 aromatic heterocycles. The van der Waals surface area contributed by atoms with Gasteiger partial charge in [0.2, 0.25) is 0 Å². The molecule has 212 valence electrons. The summed E-state index contributed by atoms with van der Waals surface area (Å²) in [5.41, 5.74) is 4.84. The van der Waals surface area contributed by atoms with Gasteiger partial charge >= 0.3 is 5.97 Å². The predicted molar refractivity (Wildman–Crippen MR) is 163 cm³/mol. The Bertz CT molecular complexity index is 1340. The lowest BCUT2D eigenvalue weighted by molar-refractivity contribution is -0.140. The molecule has 2 fully saturated rings. The first-order valence-electron chi connectivity index (χ1n) is 14.8. The van der Waals surface area contributed by atoms with Crippen LogP contribution in [0.15, 0.2) is 109 Å². The SMILES string of the molecule is COC(=O)CCC/C=C\C[C@H]1[C@H](/C=C/C(=O)CCc2ccccc2)[C@@H]2C[C@@]1(c1ccc(-c3ccccc3)cc1)CO2. The number of carbonyl (C=O) groups excluding carboxylic acids is 2. The van der Waals surface area contributed by atoms with Gasteiger partial charge in [-0.1, -0.05) is 103 Å². The van der Waals surface area contributed by atoms with E-state index in [4.69, 9.17) is 9.47 Å². The number of carbonyl (C=O) groups is 2. The zero-order chi connectivity index (χ0) is 28.5. The number of allylic oxidation sites excluding steroid dienone is 3. The van der Waals surface area contributed by atoms with Crippen LogP contribution in [0.4, 0.5) is 0 Å². The van der Waals surface area contributed by atoms with Crippen LogP contribution in [-0.2, 0) is 30.9 Å². The van der Waals surface area contributed by atoms with E-state index in [0.717, 1.165) is 32.1 Å². The van der Waals surface area contributed by atoms with Gasteiger partial charge in [-0.15, -0.1) is 0 Å². The number of hydrogen-bond acceptors (Lipinski definition) is 4. The van der Waals surface area contributed by atoms with Crippen molar-refractivity contribution in [2.75, 3.05) is 13.7 Å². The second-order valence-corrected chi connectivity index (χ2v) is 11.3. The van der Waals surface area contributed by atoms with E-state index in [1.807, 2.05) is 24.3 Å². The number of rotatable bonds is 13. The Balaban J connectivity index is 1.32. The van der Waals surface area contributed by atoms with Crippen LogP contribution in [0.5, 0.6) is 0 Å². The van der Waals surface area contributed by atoms with E-state index in [0.29, 0.717) is 25.4 Å². The van der Waals surface area contributed by atoms with E-state index in [1.165, 1.54) is 29.4 Å². The molecular weight excluding hydrogens is 508 g/mol. The molecule has 41 heavy (non-hydrogen) atoms. The standard InChI is InChI=1S/C37H40O4/c1-40-36(39)17-11-3-2-10-16-34-33(25-24-32(38)23-18-28-12-6-4-7-13-28)35-26-37(34,27-41-35)31-21-19-30(20-22-31)29-14-8-5-9-15-29/h2,4-10,12-15,19-22,24-25,33-35H,3,11,16-18,23,26-27H2,1H3/b10-2-,25-24+/t33-,34-,35-,37-/m0/s1. The Hall–Kier alpha value is -3.76. The maximum absolute atomic E-state index is 12.8. The highest BCUT2D eigenvalue weighted by atomic mass is 16.5. The lowest BCUT2D eigenvalue weighted by atomic mass is 9.69. The zero-order valence-corrected chi connectivity index (χ0v) is 23.9. The van der Waals surface area contributed by atoms with Crippen LogP contribution in [0.2, 0.25) is 0 Å². The van der Waals surface area contributed by atoms with Crippen LogP contribution in [0.1, 0.15) is 49.7 Å². The number of fused-ring (bicyclic) bond motifs is 2. The highest BCUT2D eigenvalue weighted by Crippen LogP contribution is 2.57. The third kappa shape index (κ3) is 6.94. The lowest BCUT2D eigenvalue weighted by Crippen LogP contribution is -2.39. The summed E-state index contributed by atoms with van der Waals surface area (Å²) in [7, 11) is 1.43. The second kappa shape index (κ2) is 13.7. The summed E-state index contributed by atoms with van der Waals surface area (Å²) in [6.45, 7) is 0.704. The average molecular weight is 549 g/mol. The quantitative estimate of drug-likeness (QED) is 0.0952. The minimum absolute atomic E-state index is 0.0850. The molecule has 3 aromatic carbocycles. The van der Waals surface area contributed by atoms with Crippen molar-refractivity contribution in [3.05, 3.63) is 120 Å². The molecule has 4 heteroatoms. The van der Waals surface area contributed by atoms with E-state index in [2.05, 4.69) is 78.9 Å². The van der Waals surface area contributed by atoms with E-state index >= 15 is 0 Å². The van der Waals surface area contributed by atoms with Crippen LogP contribution in [-0.4, -0.2) is 31.6 Å². The number of esters is 1. The summed E-state index contributed by atoms with van der Waals surface area (Å²) in [4.78, 5) is 24.3. The van der Waals surface area contributed by atoms with Crippen molar-refractivity contribution >= 4 is 11.8 Å². The van der Waals surface area contributed by atoms with Crippen molar-refractivity contribution in [3.8, 4) is 11.1 Å². The Morgan fingerprint density at radius 1 is 0.902 bits per heavy atom. The summed E-state index contributed by atoms with van der Waals surface area (Å²) >= 11 is 0. The molecular formula is C37H40O4. The average Bonchev–Trinajstić information content (AvgIpc) is 3.60. The maximum Gasteiger partial charge on any atom is 0.305 e. The molecule has 2 bridgehead atoms. The Labute approximate surface area is 244 Å². The fraction of sp³-hybridized carbons (Fsp3) is 0.351. The molecule has 4 nitrogen and oxygen atoms in total. The van der Waals surface area contributed by atoms with E-state index in [9.17, 15) is 9.59 Å². The fourth-order valence-corrected chi connectivity index (χ4v) is 6.59. The van der Waals surface area contributed by atoms with Gasteiger partial charge in [0.25, 0.3) is 0 Å². The van der Waals surface area contributed by atoms with Crippen molar-refractivity contribution in [1.29, 1.82) is 0 Å². The van der Waals surface area contributed by atoms with Crippen molar-refractivity contribution in [2.45, 2.75) is 56.5 Å². The van der Waals surface area contributed by atoms with Gasteiger partial charge in [0.15, 0.2) is 5.78 Å². The maximum atomic E-state index is 12.8. The summed E-state index contributed by atoms with van der Waals surface area (Å²) in [6, 6.07) is 29.6. The molecule has 5 rings (SSSR count). The molecule has 1 aliphatic heterocycles. The fourth-order valence-electron chi connectivity index (χ4n) is 6.59. The third-order valence-electron chi connectivity index (χ3n) is 8.83. The monoisotopic (exact) mass is 548 g/mol. The predicted octanol–water partition coefficient (Wildman–Crippen LogP) is 7.67. The molecule has 1 saturated heterocycles. The number of unbranched alkanes of at least 4 members (excludes halogenated alkanes) is 1. The first-order valence-corrected chi connectivity index (χ1v) is 14.8. The van der Waals surface area contributed by atoms with Gasteiger partial charge in [-0.05, 0) is 66.4 Å². The van der Waals surface area contributed by atoms with Gasteiger partial charge in [0.05, 0.1) is 19.8 Å². The second-order valence-electron chi connectivity index (χ2n) is 11.3. The molecule has 0 amide bonds. The van der Waals surface area contributed by atoms with Gasteiger partial charge in [0.1, 0.15) is 0 Å². The van der Waals surface area contributed by atoms with Crippen LogP contribution in [0.3, 0.4) is 0 Å². The summed E-state index contributed by atoms with van der Waals surface area (Å²) in [5, 5.41) is 0. The van der Waals surface area contributed by atoms with Crippen LogP contribution in [0, 0.1) is 11.8 Å². The van der Waals surface area contributed by atoms with Gasteiger partial charge in [0, 0.05) is 24.2 Å². The largest absolute Gasteiger partial charge is 0.469 e. The molecule has 0 spiro atoms.